The quantitative estimate of drug-likeness (QED) is 0.749. The van der Waals surface area contributed by atoms with Crippen LogP contribution in [0.25, 0.3) is 0 Å². The molecule has 1 atom stereocenters. The highest BCUT2D eigenvalue weighted by atomic mass is 16.5. The molecule has 0 spiro atoms. The van der Waals surface area contributed by atoms with E-state index in [1.54, 1.807) is 7.05 Å². The Bertz CT molecular complexity index is 272. The molecule has 0 saturated carbocycles. The van der Waals surface area contributed by atoms with Crippen LogP contribution in [0.1, 0.15) is 25.7 Å². The van der Waals surface area contributed by atoms with Crippen LogP contribution in [0.3, 0.4) is 0 Å². The van der Waals surface area contributed by atoms with Crippen LogP contribution in [-0.4, -0.2) is 63.3 Å². The smallest absolute Gasteiger partial charge is 0.233 e. The minimum Gasteiger partial charge on any atom is -0.381 e. The van der Waals surface area contributed by atoms with Crippen molar-refractivity contribution in [3.8, 4) is 0 Å². The second kappa shape index (κ2) is 7.82. The fraction of sp³-hybridized carbons (Fsp3) is 0.929. The first-order valence-electron chi connectivity index (χ1n) is 7.52. The lowest BCUT2D eigenvalue weighted by atomic mass is 10.00. The molecule has 110 valence electrons. The van der Waals surface area contributed by atoms with E-state index >= 15 is 0 Å². The molecular weight excluding hydrogens is 242 g/mol. The van der Waals surface area contributed by atoms with Gasteiger partial charge >= 0.3 is 0 Å². The van der Waals surface area contributed by atoms with Crippen molar-refractivity contribution in [3.05, 3.63) is 0 Å². The fourth-order valence-corrected chi connectivity index (χ4v) is 2.88. The summed E-state index contributed by atoms with van der Waals surface area (Å²) < 4.78 is 5.50. The van der Waals surface area contributed by atoms with Crippen LogP contribution in [0, 0.1) is 5.92 Å². The lowest BCUT2D eigenvalue weighted by Gasteiger charge is -2.33. The van der Waals surface area contributed by atoms with Gasteiger partial charge in [-0.05, 0) is 31.6 Å². The van der Waals surface area contributed by atoms with Crippen LogP contribution in [0.4, 0.5) is 0 Å². The van der Waals surface area contributed by atoms with Crippen molar-refractivity contribution in [2.75, 3.05) is 46.4 Å². The zero-order chi connectivity index (χ0) is 13.5. The molecule has 2 N–H and O–H groups in total. The average Bonchev–Trinajstić information content (AvgIpc) is 2.47. The van der Waals surface area contributed by atoms with Gasteiger partial charge in [0.05, 0.1) is 13.2 Å². The Morgan fingerprint density at radius 2 is 2.11 bits per heavy atom. The van der Waals surface area contributed by atoms with Crippen molar-refractivity contribution < 1.29 is 9.53 Å². The Morgan fingerprint density at radius 3 is 2.74 bits per heavy atom. The normalized spacial score (nSPS) is 26.3. The molecule has 2 heterocycles. The van der Waals surface area contributed by atoms with Crippen LogP contribution < -0.4 is 10.6 Å². The maximum Gasteiger partial charge on any atom is 0.233 e. The molecule has 2 aliphatic heterocycles. The number of likely N-dealkylation sites (tertiary alicyclic amines) is 1. The summed E-state index contributed by atoms with van der Waals surface area (Å²) in [5, 5.41) is 6.35. The third kappa shape index (κ3) is 5.09. The van der Waals surface area contributed by atoms with Crippen LogP contribution >= 0.6 is 0 Å². The van der Waals surface area contributed by atoms with Gasteiger partial charge in [0.15, 0.2) is 0 Å². The SMILES string of the molecule is CNC(=O)CN1CCC(NCC2CCCOC2)CC1. The first kappa shape index (κ1) is 14.8. The van der Waals surface area contributed by atoms with E-state index in [-0.39, 0.29) is 5.91 Å². The molecular formula is C14H27N3O2. The van der Waals surface area contributed by atoms with Gasteiger partial charge in [-0.25, -0.2) is 0 Å². The van der Waals surface area contributed by atoms with E-state index in [1.807, 2.05) is 0 Å². The van der Waals surface area contributed by atoms with Crippen molar-refractivity contribution in [1.82, 2.24) is 15.5 Å². The van der Waals surface area contributed by atoms with Gasteiger partial charge in [-0.1, -0.05) is 0 Å². The topological polar surface area (TPSA) is 53.6 Å². The van der Waals surface area contributed by atoms with Gasteiger partial charge in [-0.3, -0.25) is 9.69 Å². The lowest BCUT2D eigenvalue weighted by molar-refractivity contribution is -0.122. The maximum absolute atomic E-state index is 11.3. The highest BCUT2D eigenvalue weighted by Gasteiger charge is 2.21. The van der Waals surface area contributed by atoms with Gasteiger partial charge in [0.25, 0.3) is 0 Å². The number of rotatable bonds is 5. The van der Waals surface area contributed by atoms with Crippen LogP contribution in [0.2, 0.25) is 0 Å². The third-order valence-electron chi connectivity index (χ3n) is 4.18. The summed E-state index contributed by atoms with van der Waals surface area (Å²) in [4.78, 5) is 13.5. The predicted octanol–water partition coefficient (Wildman–Crippen LogP) is 0.213. The number of carbonyl (C=O) groups is 1. The molecule has 0 aromatic heterocycles. The van der Waals surface area contributed by atoms with Gasteiger partial charge in [0.2, 0.25) is 5.91 Å². The van der Waals surface area contributed by atoms with E-state index < -0.39 is 0 Å². The van der Waals surface area contributed by atoms with Crippen molar-refractivity contribution in [2.45, 2.75) is 31.7 Å². The number of nitrogens with zero attached hydrogens (tertiary/aromatic N) is 1. The molecule has 19 heavy (non-hydrogen) atoms. The molecule has 5 heteroatoms. The van der Waals surface area contributed by atoms with E-state index in [4.69, 9.17) is 4.74 Å². The van der Waals surface area contributed by atoms with Crippen molar-refractivity contribution in [2.24, 2.45) is 5.92 Å². The lowest BCUT2D eigenvalue weighted by Crippen LogP contribution is -2.46. The number of hydrogen-bond donors (Lipinski definition) is 2. The maximum atomic E-state index is 11.3. The number of amides is 1. The number of hydrogen-bond acceptors (Lipinski definition) is 4. The zero-order valence-electron chi connectivity index (χ0n) is 12.0. The summed E-state index contributed by atoms with van der Waals surface area (Å²) in [6.45, 7) is 5.52. The molecule has 0 aromatic rings. The Balaban J connectivity index is 1.59. The highest BCUT2D eigenvalue weighted by molar-refractivity contribution is 5.77. The molecule has 0 aromatic carbocycles. The minimum atomic E-state index is 0.116. The first-order chi connectivity index (χ1) is 9.28. The number of likely N-dealkylation sites (N-methyl/N-ethyl adjacent to an activating group) is 1. The van der Waals surface area contributed by atoms with E-state index in [0.29, 0.717) is 18.5 Å². The molecule has 1 unspecified atom stereocenters. The molecule has 0 aliphatic carbocycles. The number of ether oxygens (including phenoxy) is 1. The van der Waals surface area contributed by atoms with Gasteiger partial charge < -0.3 is 15.4 Å². The van der Waals surface area contributed by atoms with Crippen LogP contribution in [0.15, 0.2) is 0 Å². The molecule has 5 nitrogen and oxygen atoms in total. The van der Waals surface area contributed by atoms with Gasteiger partial charge in [-0.2, -0.15) is 0 Å². The predicted molar refractivity (Wildman–Crippen MR) is 75.1 cm³/mol. The van der Waals surface area contributed by atoms with Gasteiger partial charge in [0.1, 0.15) is 0 Å². The Labute approximate surface area is 116 Å². The summed E-state index contributed by atoms with van der Waals surface area (Å²) in [6.07, 6.45) is 4.79. The van der Waals surface area contributed by atoms with Crippen molar-refractivity contribution >= 4 is 5.91 Å². The van der Waals surface area contributed by atoms with Crippen LogP contribution in [0.5, 0.6) is 0 Å². The second-order valence-electron chi connectivity index (χ2n) is 5.72. The van der Waals surface area contributed by atoms with E-state index in [1.165, 1.54) is 12.8 Å². The van der Waals surface area contributed by atoms with Crippen molar-refractivity contribution in [3.63, 3.8) is 0 Å². The molecule has 2 rings (SSSR count). The summed E-state index contributed by atoms with van der Waals surface area (Å²) in [5.74, 6) is 0.809. The summed E-state index contributed by atoms with van der Waals surface area (Å²) >= 11 is 0. The molecule has 1 amide bonds. The Hall–Kier alpha value is -0.650. The molecule has 2 aliphatic rings. The number of carbonyl (C=O) groups excluding carboxylic acids is 1. The Kier molecular flexibility index (Phi) is 6.07. The van der Waals surface area contributed by atoms with Crippen LogP contribution in [-0.2, 0) is 9.53 Å². The summed E-state index contributed by atoms with van der Waals surface area (Å²) in [7, 11) is 1.70. The van der Waals surface area contributed by atoms with Gasteiger partial charge in [-0.15, -0.1) is 0 Å². The van der Waals surface area contributed by atoms with E-state index in [9.17, 15) is 4.79 Å². The Morgan fingerprint density at radius 1 is 1.32 bits per heavy atom. The fourth-order valence-electron chi connectivity index (χ4n) is 2.88. The summed E-state index contributed by atoms with van der Waals surface area (Å²) in [5.41, 5.74) is 0. The first-order valence-corrected chi connectivity index (χ1v) is 7.52. The number of nitrogens with one attached hydrogen (secondary N) is 2. The molecule has 0 bridgehead atoms. The monoisotopic (exact) mass is 269 g/mol. The van der Waals surface area contributed by atoms with Gasteiger partial charge in [0, 0.05) is 39.3 Å². The molecule has 2 saturated heterocycles. The standard InChI is InChI=1S/C14H27N3O2/c1-15-14(18)10-17-6-4-13(5-7-17)16-9-12-3-2-8-19-11-12/h12-13,16H,2-11H2,1H3,(H,15,18). The molecule has 0 radical (unpaired) electrons. The second-order valence-corrected chi connectivity index (χ2v) is 5.72. The highest BCUT2D eigenvalue weighted by Crippen LogP contribution is 2.14. The largest absolute Gasteiger partial charge is 0.381 e. The average molecular weight is 269 g/mol. The van der Waals surface area contributed by atoms with E-state index in [0.717, 1.165) is 45.7 Å². The molecule has 2 fully saturated rings. The van der Waals surface area contributed by atoms with E-state index in [2.05, 4.69) is 15.5 Å². The zero-order valence-corrected chi connectivity index (χ0v) is 12.0. The minimum absolute atomic E-state index is 0.116. The number of piperidine rings is 1. The summed E-state index contributed by atoms with van der Waals surface area (Å²) in [6, 6.07) is 0.614. The van der Waals surface area contributed by atoms with Crippen molar-refractivity contribution in [1.29, 1.82) is 0 Å². The third-order valence-corrected chi connectivity index (χ3v) is 4.18.